The molecule has 0 saturated heterocycles. The van der Waals surface area contributed by atoms with E-state index in [1.165, 1.54) is 31.9 Å². The van der Waals surface area contributed by atoms with E-state index in [2.05, 4.69) is 26.1 Å². The number of hydrogen-bond acceptors (Lipinski definition) is 3. The lowest BCUT2D eigenvalue weighted by Crippen LogP contribution is -2.60. The Morgan fingerprint density at radius 3 is 1.93 bits per heavy atom. The minimum absolute atomic E-state index is 0.0444. The zero-order valence-corrected chi connectivity index (χ0v) is 17.6. The van der Waals surface area contributed by atoms with Crippen LogP contribution in [0.2, 0.25) is 0 Å². The van der Waals surface area contributed by atoms with E-state index in [1.807, 2.05) is 24.3 Å². The summed E-state index contributed by atoms with van der Waals surface area (Å²) in [6, 6.07) is 7.20. The van der Waals surface area contributed by atoms with Gasteiger partial charge in [-0.05, 0) is 79.4 Å². The Morgan fingerprint density at radius 1 is 1.00 bits per heavy atom. The van der Waals surface area contributed by atoms with Gasteiger partial charge in [0.1, 0.15) is 6.04 Å². The molecule has 1 amide bonds. The van der Waals surface area contributed by atoms with Crippen molar-refractivity contribution in [3.8, 4) is 0 Å². The smallest absolute Gasteiger partial charge is 0.328 e. The normalized spacial score (nSPS) is 32.1. The first-order valence-electron chi connectivity index (χ1n) is 10.7. The highest BCUT2D eigenvalue weighted by atomic mass is 16.5. The lowest BCUT2D eigenvalue weighted by molar-refractivity contribution is -0.154. The van der Waals surface area contributed by atoms with Crippen molar-refractivity contribution in [2.45, 2.75) is 70.8 Å². The summed E-state index contributed by atoms with van der Waals surface area (Å²) in [6.45, 7) is 6.47. The minimum atomic E-state index is -0.541. The van der Waals surface area contributed by atoms with Gasteiger partial charge < -0.3 is 10.1 Å². The summed E-state index contributed by atoms with van der Waals surface area (Å²) >= 11 is 0. The molecule has 0 spiro atoms. The summed E-state index contributed by atoms with van der Waals surface area (Å²) in [4.78, 5) is 25.8. The molecule has 0 radical (unpaired) electrons. The van der Waals surface area contributed by atoms with Crippen molar-refractivity contribution in [3.63, 3.8) is 0 Å². The average Bonchev–Trinajstić information content (AvgIpc) is 2.63. The molecule has 4 bridgehead atoms. The fourth-order valence-corrected chi connectivity index (χ4v) is 6.45. The molecule has 0 heterocycles. The molecule has 4 aliphatic rings. The zero-order chi connectivity index (χ0) is 20.1. The molecule has 4 heteroatoms. The van der Waals surface area contributed by atoms with Crippen LogP contribution in [-0.4, -0.2) is 25.0 Å². The van der Waals surface area contributed by atoms with Crippen LogP contribution < -0.4 is 5.32 Å². The number of carbonyl (C=O) groups excluding carboxylic acids is 2. The van der Waals surface area contributed by atoms with E-state index in [1.54, 1.807) is 0 Å². The summed E-state index contributed by atoms with van der Waals surface area (Å²) < 4.78 is 5.15. The topological polar surface area (TPSA) is 55.4 Å². The van der Waals surface area contributed by atoms with Gasteiger partial charge in [0, 0.05) is 11.0 Å². The van der Waals surface area contributed by atoms with Crippen LogP contribution in [0.25, 0.3) is 0 Å². The van der Waals surface area contributed by atoms with Gasteiger partial charge in [0.25, 0.3) is 5.91 Å². The van der Waals surface area contributed by atoms with Crippen LogP contribution in [0.15, 0.2) is 24.3 Å². The largest absolute Gasteiger partial charge is 0.467 e. The molecule has 1 atom stereocenters. The second-order valence-electron chi connectivity index (χ2n) is 10.5. The van der Waals surface area contributed by atoms with Gasteiger partial charge in [0.2, 0.25) is 0 Å². The molecule has 28 heavy (non-hydrogen) atoms. The van der Waals surface area contributed by atoms with Gasteiger partial charge in [-0.1, -0.05) is 32.9 Å². The minimum Gasteiger partial charge on any atom is -0.467 e. The van der Waals surface area contributed by atoms with Crippen molar-refractivity contribution < 1.29 is 14.3 Å². The maximum atomic E-state index is 13.0. The molecule has 5 rings (SSSR count). The number of benzene rings is 1. The molecule has 0 unspecified atom stereocenters. The van der Waals surface area contributed by atoms with Gasteiger partial charge in [0.05, 0.1) is 7.11 Å². The van der Waals surface area contributed by atoms with Gasteiger partial charge in [-0.2, -0.15) is 0 Å². The Labute approximate surface area is 168 Å². The Kier molecular flexibility index (Phi) is 4.79. The van der Waals surface area contributed by atoms with E-state index < -0.39 is 6.04 Å². The van der Waals surface area contributed by atoms with Crippen molar-refractivity contribution in [1.82, 2.24) is 5.32 Å². The molecule has 4 saturated carbocycles. The van der Waals surface area contributed by atoms with Crippen molar-refractivity contribution in [1.29, 1.82) is 0 Å². The SMILES string of the molecule is COC(=O)[C@@H](NC(=O)c1ccc(C(C)(C)C)cc1)C12CC3CC(CC(C3)C1)C2. The van der Waals surface area contributed by atoms with E-state index in [4.69, 9.17) is 4.74 Å². The van der Waals surface area contributed by atoms with Crippen LogP contribution in [0.3, 0.4) is 0 Å². The highest BCUT2D eigenvalue weighted by molar-refractivity contribution is 5.97. The van der Waals surface area contributed by atoms with Gasteiger partial charge in [-0.15, -0.1) is 0 Å². The molecule has 1 aromatic carbocycles. The molecule has 1 aromatic rings. The summed E-state index contributed by atoms with van der Waals surface area (Å²) in [5.74, 6) is 1.66. The number of amides is 1. The summed E-state index contributed by atoms with van der Waals surface area (Å²) in [5.41, 5.74) is 1.72. The zero-order valence-electron chi connectivity index (χ0n) is 17.6. The van der Waals surface area contributed by atoms with Crippen LogP contribution in [0.1, 0.15) is 75.2 Å². The van der Waals surface area contributed by atoms with Gasteiger partial charge in [-0.25, -0.2) is 4.79 Å². The number of carbonyl (C=O) groups is 2. The third-order valence-electron chi connectivity index (χ3n) is 7.42. The number of esters is 1. The van der Waals surface area contributed by atoms with Gasteiger partial charge in [-0.3, -0.25) is 4.79 Å². The van der Waals surface area contributed by atoms with Crippen LogP contribution in [0.4, 0.5) is 0 Å². The maximum absolute atomic E-state index is 13.0. The van der Waals surface area contributed by atoms with E-state index in [0.29, 0.717) is 23.3 Å². The van der Waals surface area contributed by atoms with E-state index >= 15 is 0 Å². The van der Waals surface area contributed by atoms with Crippen molar-refractivity contribution in [2.75, 3.05) is 7.11 Å². The quantitative estimate of drug-likeness (QED) is 0.781. The van der Waals surface area contributed by atoms with Crippen molar-refractivity contribution >= 4 is 11.9 Å². The van der Waals surface area contributed by atoms with E-state index in [9.17, 15) is 9.59 Å². The molecular weight excluding hydrogens is 350 g/mol. The summed E-state index contributed by atoms with van der Waals surface area (Å²) in [7, 11) is 1.43. The predicted octanol–water partition coefficient (Wildman–Crippen LogP) is 4.47. The Balaban J connectivity index is 1.56. The summed E-state index contributed by atoms with van der Waals surface area (Å²) in [6.07, 6.45) is 7.03. The molecular formula is C24H33NO3. The highest BCUT2D eigenvalue weighted by Gasteiger charge is 2.56. The first kappa shape index (κ1) is 19.5. The molecule has 4 aliphatic carbocycles. The molecule has 0 aliphatic heterocycles. The second kappa shape index (κ2) is 6.89. The van der Waals surface area contributed by atoms with Crippen LogP contribution in [-0.2, 0) is 14.9 Å². The average molecular weight is 384 g/mol. The predicted molar refractivity (Wildman–Crippen MR) is 109 cm³/mol. The third kappa shape index (κ3) is 3.46. The first-order chi connectivity index (χ1) is 13.2. The lowest BCUT2D eigenvalue weighted by Gasteiger charge is -2.58. The standard InChI is InChI=1S/C24H33NO3/c1-23(2,3)19-7-5-18(6-8-19)21(26)25-20(22(27)28-4)24-12-15-9-16(13-24)11-17(10-15)14-24/h5-8,15-17,20H,9-14H2,1-4H3,(H,25,26)/t15?,16?,17?,20-,24?/m1/s1. The molecule has 4 fully saturated rings. The molecule has 152 valence electrons. The lowest BCUT2D eigenvalue weighted by atomic mass is 9.47. The number of hydrogen-bond donors (Lipinski definition) is 1. The highest BCUT2D eigenvalue weighted by Crippen LogP contribution is 2.61. The van der Waals surface area contributed by atoms with Crippen LogP contribution in [0, 0.1) is 23.2 Å². The maximum Gasteiger partial charge on any atom is 0.328 e. The molecule has 4 nitrogen and oxygen atoms in total. The Morgan fingerprint density at radius 2 is 1.50 bits per heavy atom. The molecule has 1 N–H and O–H groups in total. The van der Waals surface area contributed by atoms with E-state index in [0.717, 1.165) is 19.3 Å². The number of nitrogens with one attached hydrogen (secondary N) is 1. The molecule has 0 aromatic heterocycles. The third-order valence-corrected chi connectivity index (χ3v) is 7.42. The van der Waals surface area contributed by atoms with Crippen LogP contribution >= 0.6 is 0 Å². The van der Waals surface area contributed by atoms with Gasteiger partial charge in [0.15, 0.2) is 0 Å². The van der Waals surface area contributed by atoms with E-state index in [-0.39, 0.29) is 22.7 Å². The number of methoxy groups -OCH3 is 1. The first-order valence-corrected chi connectivity index (χ1v) is 10.7. The number of rotatable bonds is 4. The monoisotopic (exact) mass is 383 g/mol. The fraction of sp³-hybridized carbons (Fsp3) is 0.667. The Bertz CT molecular complexity index is 724. The second-order valence-corrected chi connectivity index (χ2v) is 10.5. The van der Waals surface area contributed by atoms with Gasteiger partial charge >= 0.3 is 5.97 Å². The number of ether oxygens (including phenoxy) is 1. The van der Waals surface area contributed by atoms with Crippen molar-refractivity contribution in [3.05, 3.63) is 35.4 Å². The summed E-state index contributed by atoms with van der Waals surface area (Å²) in [5, 5.41) is 3.09. The fourth-order valence-electron chi connectivity index (χ4n) is 6.45. The van der Waals surface area contributed by atoms with Crippen LogP contribution in [0.5, 0.6) is 0 Å². The van der Waals surface area contributed by atoms with Crippen molar-refractivity contribution in [2.24, 2.45) is 23.2 Å². The Hall–Kier alpha value is -1.84.